The molecule has 4 N–H and O–H groups in total. The van der Waals surface area contributed by atoms with Crippen LogP contribution in [0.4, 0.5) is 5.82 Å². The number of rotatable bonds is 15. The number of esters is 2. The Hall–Kier alpha value is -2.60. The van der Waals surface area contributed by atoms with Gasteiger partial charge in [-0.15, -0.1) is 0 Å². The number of nitrogens with one attached hydrogen (secondary N) is 2. The van der Waals surface area contributed by atoms with Crippen LogP contribution in [-0.2, 0) is 34.9 Å². The lowest BCUT2D eigenvalue weighted by molar-refractivity contribution is -0.153. The number of aromatic nitrogens is 4. The summed E-state index contributed by atoms with van der Waals surface area (Å²) in [7, 11) is -3.64. The van der Waals surface area contributed by atoms with Gasteiger partial charge in [0.05, 0.1) is 37.6 Å². The summed E-state index contributed by atoms with van der Waals surface area (Å²) in [4.78, 5) is 37.7. The van der Waals surface area contributed by atoms with Crippen molar-refractivity contribution in [1.82, 2.24) is 29.7 Å². The van der Waals surface area contributed by atoms with Crippen LogP contribution in [0.3, 0.4) is 0 Å². The van der Waals surface area contributed by atoms with Gasteiger partial charge in [-0.05, 0) is 54.4 Å². The van der Waals surface area contributed by atoms with Crippen molar-refractivity contribution in [3.63, 3.8) is 0 Å². The molecule has 0 aromatic carbocycles. The first kappa shape index (κ1) is 32.6. The van der Waals surface area contributed by atoms with Gasteiger partial charge in [0.15, 0.2) is 11.5 Å². The fraction of sp³-hybridized carbons (Fsp3) is 0.720. The molecule has 14 heteroatoms. The van der Waals surface area contributed by atoms with Gasteiger partial charge in [-0.1, -0.05) is 13.8 Å². The molecule has 0 bridgehead atoms. The number of nitrogens with zero attached hydrogens (tertiary/aromatic N) is 4. The Labute approximate surface area is 230 Å². The zero-order valence-electron chi connectivity index (χ0n) is 24.4. The van der Waals surface area contributed by atoms with Gasteiger partial charge in [0.25, 0.3) is 0 Å². The second-order valence-electron chi connectivity index (χ2n) is 11.1. The Morgan fingerprint density at radius 2 is 1.69 bits per heavy atom. The summed E-state index contributed by atoms with van der Waals surface area (Å²) >= 11 is 0. The second kappa shape index (κ2) is 13.6. The number of carbonyl (C=O) groups excluding carboxylic acids is 2. The number of carbonyl (C=O) groups is 2. The van der Waals surface area contributed by atoms with Crippen molar-refractivity contribution in [3.8, 4) is 0 Å². The molecule has 39 heavy (non-hydrogen) atoms. The van der Waals surface area contributed by atoms with E-state index in [0.717, 1.165) is 0 Å². The van der Waals surface area contributed by atoms with Crippen molar-refractivity contribution >= 4 is 36.4 Å². The molecule has 0 amide bonds. The molecule has 220 valence electrons. The maximum atomic E-state index is 14.3. The summed E-state index contributed by atoms with van der Waals surface area (Å²) in [5.74, 6) is -0.777. The van der Waals surface area contributed by atoms with E-state index in [2.05, 4.69) is 25.1 Å². The number of nitrogens with two attached hydrogens (primary N) is 1. The third-order valence-corrected chi connectivity index (χ3v) is 7.85. The largest absolute Gasteiger partial charge is 0.463 e. The van der Waals surface area contributed by atoms with Gasteiger partial charge >= 0.3 is 11.9 Å². The van der Waals surface area contributed by atoms with Crippen molar-refractivity contribution < 1.29 is 28.4 Å². The molecule has 2 aromatic rings. The molecule has 3 atom stereocenters. The third kappa shape index (κ3) is 9.82. The summed E-state index contributed by atoms with van der Waals surface area (Å²) in [5, 5.41) is 6.07. The van der Waals surface area contributed by atoms with E-state index in [4.69, 9.17) is 19.9 Å². The Balaban J connectivity index is 2.24. The van der Waals surface area contributed by atoms with Gasteiger partial charge in [-0.25, -0.2) is 25.1 Å². The maximum Gasteiger partial charge on any atom is 0.326 e. The van der Waals surface area contributed by atoms with Gasteiger partial charge < -0.3 is 24.5 Å². The van der Waals surface area contributed by atoms with Crippen molar-refractivity contribution in [2.24, 2.45) is 5.92 Å². The number of anilines is 1. The SMILES string of the molecule is CC(C)OC(=O)CC(N[P@@](=O)(CO[C@H](C)Cn1cnc2c(N)ncnc21)NC(C)(C)C(=O)OC(C)C)C(C)C. The monoisotopic (exact) mass is 569 g/mol. The predicted octanol–water partition coefficient (Wildman–Crippen LogP) is 3.24. The van der Waals surface area contributed by atoms with Crippen molar-refractivity contribution in [3.05, 3.63) is 12.7 Å². The van der Waals surface area contributed by atoms with Crippen LogP contribution in [0.25, 0.3) is 11.2 Å². The van der Waals surface area contributed by atoms with E-state index in [1.54, 1.807) is 52.4 Å². The molecule has 2 rings (SSSR count). The van der Waals surface area contributed by atoms with Gasteiger partial charge in [-0.3, -0.25) is 14.2 Å². The highest BCUT2D eigenvalue weighted by molar-refractivity contribution is 7.59. The minimum absolute atomic E-state index is 0.00388. The highest BCUT2D eigenvalue weighted by Crippen LogP contribution is 2.41. The number of hydrogen-bond donors (Lipinski definition) is 3. The Bertz CT molecular complexity index is 1170. The molecule has 1 unspecified atom stereocenters. The molecule has 2 heterocycles. The smallest absolute Gasteiger partial charge is 0.326 e. The lowest BCUT2D eigenvalue weighted by atomic mass is 10.0. The molecular weight excluding hydrogens is 525 g/mol. The van der Waals surface area contributed by atoms with Crippen molar-refractivity contribution in [1.29, 1.82) is 0 Å². The van der Waals surface area contributed by atoms with Gasteiger partial charge in [0.2, 0.25) is 7.44 Å². The van der Waals surface area contributed by atoms with E-state index in [1.165, 1.54) is 6.33 Å². The lowest BCUT2D eigenvalue weighted by Crippen LogP contribution is -2.51. The zero-order chi connectivity index (χ0) is 29.5. The Kier molecular flexibility index (Phi) is 11.4. The molecule has 0 aliphatic heterocycles. The van der Waals surface area contributed by atoms with Crippen LogP contribution in [0.1, 0.15) is 68.7 Å². The lowest BCUT2D eigenvalue weighted by Gasteiger charge is -2.34. The van der Waals surface area contributed by atoms with Gasteiger partial charge in [0.1, 0.15) is 23.7 Å². The normalized spacial score (nSPS) is 15.5. The highest BCUT2D eigenvalue weighted by atomic mass is 31.2. The second-order valence-corrected chi connectivity index (χ2v) is 13.3. The van der Waals surface area contributed by atoms with E-state index in [-0.39, 0.29) is 36.7 Å². The number of fused-ring (bicyclic) bond motifs is 1. The molecule has 0 aliphatic carbocycles. The van der Waals surface area contributed by atoms with Crippen molar-refractivity contribution in [2.75, 3.05) is 12.1 Å². The van der Waals surface area contributed by atoms with Crippen LogP contribution in [0.5, 0.6) is 0 Å². The van der Waals surface area contributed by atoms with E-state index in [1.807, 2.05) is 20.8 Å². The molecule has 0 saturated heterocycles. The summed E-state index contributed by atoms with van der Waals surface area (Å²) < 4.78 is 32.8. The number of imidazole rings is 1. The van der Waals surface area contributed by atoms with E-state index < -0.39 is 37.1 Å². The van der Waals surface area contributed by atoms with Crippen molar-refractivity contribution in [2.45, 2.75) is 105 Å². The average Bonchev–Trinajstić information content (AvgIpc) is 3.20. The zero-order valence-corrected chi connectivity index (χ0v) is 25.3. The predicted molar refractivity (Wildman–Crippen MR) is 149 cm³/mol. The number of nitrogen functional groups attached to an aromatic ring is 1. The quantitative estimate of drug-likeness (QED) is 0.211. The van der Waals surface area contributed by atoms with Crippen LogP contribution in [0, 0.1) is 5.92 Å². The molecule has 13 nitrogen and oxygen atoms in total. The van der Waals surface area contributed by atoms with Crippen LogP contribution in [0.15, 0.2) is 12.7 Å². The highest BCUT2D eigenvalue weighted by Gasteiger charge is 2.40. The Morgan fingerprint density at radius 1 is 1.05 bits per heavy atom. The van der Waals surface area contributed by atoms with E-state index in [9.17, 15) is 14.2 Å². The fourth-order valence-electron chi connectivity index (χ4n) is 3.74. The Morgan fingerprint density at radius 3 is 2.28 bits per heavy atom. The molecule has 2 aromatic heterocycles. The third-order valence-electron chi connectivity index (χ3n) is 5.67. The first-order valence-corrected chi connectivity index (χ1v) is 15.0. The van der Waals surface area contributed by atoms with Gasteiger partial charge in [-0.2, -0.15) is 0 Å². The molecule has 0 radical (unpaired) electrons. The standard InChI is InChI=1S/C25H44N7O6P/c1-15(2)19(10-20(33)37-16(3)4)30-39(35,31-25(8,9)24(34)38-17(5)6)14-36-18(7)11-32-13-29-21-22(26)27-12-28-23(21)32/h12-13,15-19H,10-11,14H2,1-9H3,(H2,26,27,28)(H2,30,31,35)/t18-,19?,39+/m1/s1. The molecule has 0 aliphatic rings. The van der Waals surface area contributed by atoms with Gasteiger partial charge in [0, 0.05) is 6.04 Å². The number of ether oxygens (including phenoxy) is 3. The van der Waals surface area contributed by atoms with E-state index in [0.29, 0.717) is 17.7 Å². The summed E-state index contributed by atoms with van der Waals surface area (Å²) in [6.45, 7) is 16.2. The summed E-state index contributed by atoms with van der Waals surface area (Å²) in [6, 6.07) is -0.511. The maximum absolute atomic E-state index is 14.3. The minimum Gasteiger partial charge on any atom is -0.463 e. The minimum atomic E-state index is -3.64. The van der Waals surface area contributed by atoms with Crippen LogP contribution >= 0.6 is 7.44 Å². The molecular formula is C25H44N7O6P. The molecule has 0 saturated carbocycles. The molecule has 0 spiro atoms. The average molecular weight is 570 g/mol. The van der Waals surface area contributed by atoms with Crippen LogP contribution < -0.4 is 15.9 Å². The molecule has 0 fully saturated rings. The fourth-order valence-corrected chi connectivity index (χ4v) is 6.33. The van der Waals surface area contributed by atoms with Crippen LogP contribution in [-0.4, -0.2) is 67.7 Å². The first-order valence-electron chi connectivity index (χ1n) is 13.1. The summed E-state index contributed by atoms with van der Waals surface area (Å²) in [6.07, 6.45) is 1.63. The summed E-state index contributed by atoms with van der Waals surface area (Å²) in [5.41, 5.74) is 5.61. The van der Waals surface area contributed by atoms with E-state index >= 15 is 0 Å². The topological polar surface area (TPSA) is 173 Å². The van der Waals surface area contributed by atoms with Crippen LogP contribution in [0.2, 0.25) is 0 Å². The first-order chi connectivity index (χ1) is 18.0. The number of hydrogen-bond acceptors (Lipinski definition) is 10.